The fourth-order valence-corrected chi connectivity index (χ4v) is 2.61. The molecule has 15 heavy (non-hydrogen) atoms. The van der Waals surface area contributed by atoms with E-state index in [1.165, 1.54) is 0 Å². The predicted octanol–water partition coefficient (Wildman–Crippen LogP) is 1.26. The molecule has 0 atom stereocenters. The number of carbonyl (C=O) groups is 1. The number of fused-ring (bicyclic) bond motifs is 1. The number of rotatable bonds is 2. The highest BCUT2D eigenvalue weighted by Gasteiger charge is 2.14. The van der Waals surface area contributed by atoms with Crippen molar-refractivity contribution in [2.75, 3.05) is 6.26 Å². The molecule has 0 radical (unpaired) electrons. The fraction of sp³-hybridized carbons (Fsp3) is 0.100. The van der Waals surface area contributed by atoms with E-state index in [1.54, 1.807) is 30.3 Å². The molecule has 0 fully saturated rings. The number of hydrogen-bond acceptors (Lipinski definition) is 3. The highest BCUT2D eigenvalue weighted by atomic mass is 32.2. The lowest BCUT2D eigenvalue weighted by molar-refractivity contribution is 0.111. The van der Waals surface area contributed by atoms with E-state index in [0.717, 1.165) is 15.6 Å². The molecular formula is C10H9NO3S. The third-order valence-corrected chi connectivity index (χ3v) is 3.22. The second kappa shape index (κ2) is 3.20. The average Bonchev–Trinajstić information content (AvgIpc) is 2.54. The lowest BCUT2D eigenvalue weighted by atomic mass is 10.2. The first-order chi connectivity index (χ1) is 7.04. The highest BCUT2D eigenvalue weighted by Crippen LogP contribution is 2.20. The van der Waals surface area contributed by atoms with Gasteiger partial charge >= 0.3 is 0 Å². The molecule has 5 heteroatoms. The third kappa shape index (κ3) is 1.55. The maximum absolute atomic E-state index is 11.5. The Morgan fingerprint density at radius 1 is 1.27 bits per heavy atom. The van der Waals surface area contributed by atoms with Gasteiger partial charge < -0.3 is 0 Å². The molecule has 4 nitrogen and oxygen atoms in total. The Morgan fingerprint density at radius 2 is 1.93 bits per heavy atom. The Hall–Kier alpha value is -1.62. The molecule has 0 aliphatic heterocycles. The van der Waals surface area contributed by atoms with Crippen LogP contribution in [-0.2, 0) is 10.0 Å². The van der Waals surface area contributed by atoms with Crippen molar-refractivity contribution in [3.05, 3.63) is 36.0 Å². The van der Waals surface area contributed by atoms with Crippen LogP contribution in [-0.4, -0.2) is 24.9 Å². The van der Waals surface area contributed by atoms with E-state index in [2.05, 4.69) is 0 Å². The number of para-hydroxylation sites is 1. The summed E-state index contributed by atoms with van der Waals surface area (Å²) >= 11 is 0. The first kappa shape index (κ1) is 9.92. The van der Waals surface area contributed by atoms with Crippen LogP contribution in [0.3, 0.4) is 0 Å². The maximum atomic E-state index is 11.5. The van der Waals surface area contributed by atoms with Gasteiger partial charge in [0.25, 0.3) is 0 Å². The van der Waals surface area contributed by atoms with Crippen molar-refractivity contribution in [1.82, 2.24) is 3.97 Å². The van der Waals surface area contributed by atoms with Gasteiger partial charge in [-0.3, -0.25) is 4.79 Å². The molecule has 0 N–H and O–H groups in total. The Labute approximate surface area is 87.2 Å². The molecule has 78 valence electrons. The fourth-order valence-electron chi connectivity index (χ4n) is 1.60. The zero-order chi connectivity index (χ0) is 11.1. The normalized spacial score (nSPS) is 11.8. The molecule has 0 aliphatic rings. The van der Waals surface area contributed by atoms with Crippen LogP contribution in [0.2, 0.25) is 0 Å². The molecule has 0 spiro atoms. The molecule has 0 aliphatic carbocycles. The molecule has 0 bridgehead atoms. The summed E-state index contributed by atoms with van der Waals surface area (Å²) in [4.78, 5) is 10.8. The van der Waals surface area contributed by atoms with Crippen molar-refractivity contribution in [3.63, 3.8) is 0 Å². The number of hydrogen-bond donors (Lipinski definition) is 0. The van der Waals surface area contributed by atoms with Crippen molar-refractivity contribution in [2.45, 2.75) is 0 Å². The molecular weight excluding hydrogens is 214 g/mol. The van der Waals surface area contributed by atoms with Gasteiger partial charge in [0.15, 0.2) is 6.29 Å². The van der Waals surface area contributed by atoms with E-state index in [4.69, 9.17) is 0 Å². The standard InChI is InChI=1S/C10H9NO3S/c1-15(13,14)11-9(7-12)6-8-4-2-3-5-10(8)11/h2-7H,1H3. The van der Waals surface area contributed by atoms with E-state index < -0.39 is 10.0 Å². The molecule has 0 saturated heterocycles. The van der Waals surface area contributed by atoms with Crippen LogP contribution in [0, 0.1) is 0 Å². The molecule has 1 heterocycles. The molecule has 1 aromatic heterocycles. The Bertz CT molecular complexity index is 625. The van der Waals surface area contributed by atoms with E-state index in [-0.39, 0.29) is 5.69 Å². The van der Waals surface area contributed by atoms with Crippen molar-refractivity contribution < 1.29 is 13.2 Å². The highest BCUT2D eigenvalue weighted by molar-refractivity contribution is 7.89. The second-order valence-electron chi connectivity index (χ2n) is 3.27. The Kier molecular flexibility index (Phi) is 2.12. The SMILES string of the molecule is CS(=O)(=O)n1c(C=O)cc2ccccc21. The summed E-state index contributed by atoms with van der Waals surface area (Å²) in [5.74, 6) is 0. The van der Waals surface area contributed by atoms with Gasteiger partial charge in [0, 0.05) is 5.39 Å². The van der Waals surface area contributed by atoms with Crippen LogP contribution >= 0.6 is 0 Å². The van der Waals surface area contributed by atoms with Gasteiger partial charge in [-0.2, -0.15) is 0 Å². The summed E-state index contributed by atoms with van der Waals surface area (Å²) in [5, 5.41) is 0.741. The number of aromatic nitrogens is 1. The number of aldehydes is 1. The molecule has 1 aromatic carbocycles. The summed E-state index contributed by atoms with van der Waals surface area (Å²) in [6, 6.07) is 8.53. The zero-order valence-electron chi connectivity index (χ0n) is 8.04. The second-order valence-corrected chi connectivity index (χ2v) is 5.10. The monoisotopic (exact) mass is 223 g/mol. The van der Waals surface area contributed by atoms with E-state index in [9.17, 15) is 13.2 Å². The van der Waals surface area contributed by atoms with E-state index in [0.29, 0.717) is 11.8 Å². The summed E-state index contributed by atoms with van der Waals surface area (Å²) < 4.78 is 24.0. The molecule has 0 amide bonds. The largest absolute Gasteiger partial charge is 0.296 e. The van der Waals surface area contributed by atoms with E-state index >= 15 is 0 Å². The minimum atomic E-state index is -3.44. The first-order valence-corrected chi connectivity index (χ1v) is 6.15. The molecule has 2 rings (SSSR count). The summed E-state index contributed by atoms with van der Waals surface area (Å²) in [7, 11) is -3.44. The molecule has 0 saturated carbocycles. The van der Waals surface area contributed by atoms with Gasteiger partial charge in [-0.25, -0.2) is 12.4 Å². The number of nitrogens with zero attached hydrogens (tertiary/aromatic N) is 1. The van der Waals surface area contributed by atoms with Crippen LogP contribution in [0.4, 0.5) is 0 Å². The lowest BCUT2D eigenvalue weighted by Gasteiger charge is -2.03. The van der Waals surface area contributed by atoms with Crippen LogP contribution < -0.4 is 0 Å². The summed E-state index contributed by atoms with van der Waals surface area (Å²) in [6.45, 7) is 0. The minimum absolute atomic E-state index is 0.152. The van der Waals surface area contributed by atoms with Gasteiger partial charge in [0.1, 0.15) is 0 Å². The smallest absolute Gasteiger partial charge is 0.236 e. The van der Waals surface area contributed by atoms with Crippen molar-refractivity contribution in [3.8, 4) is 0 Å². The quantitative estimate of drug-likeness (QED) is 0.720. The van der Waals surface area contributed by atoms with Gasteiger partial charge in [-0.05, 0) is 12.1 Å². The zero-order valence-corrected chi connectivity index (χ0v) is 8.86. The average molecular weight is 223 g/mol. The summed E-state index contributed by atoms with van der Waals surface area (Å²) in [6.07, 6.45) is 1.62. The van der Waals surface area contributed by atoms with Crippen LogP contribution in [0.1, 0.15) is 10.5 Å². The van der Waals surface area contributed by atoms with Crippen LogP contribution in [0.25, 0.3) is 10.9 Å². The van der Waals surface area contributed by atoms with Crippen molar-refractivity contribution in [1.29, 1.82) is 0 Å². The molecule has 2 aromatic rings. The number of carbonyl (C=O) groups excluding carboxylic acids is 1. The van der Waals surface area contributed by atoms with Crippen LogP contribution in [0.15, 0.2) is 30.3 Å². The summed E-state index contributed by atoms with van der Waals surface area (Å²) in [5.41, 5.74) is 0.681. The van der Waals surface area contributed by atoms with Crippen molar-refractivity contribution in [2.24, 2.45) is 0 Å². The van der Waals surface area contributed by atoms with Gasteiger partial charge in [-0.15, -0.1) is 0 Å². The molecule has 0 unspecified atom stereocenters. The Balaban J connectivity index is 2.97. The maximum Gasteiger partial charge on any atom is 0.236 e. The van der Waals surface area contributed by atoms with Gasteiger partial charge in [-0.1, -0.05) is 18.2 Å². The van der Waals surface area contributed by atoms with Gasteiger partial charge in [0.05, 0.1) is 17.5 Å². The van der Waals surface area contributed by atoms with E-state index in [1.807, 2.05) is 0 Å². The van der Waals surface area contributed by atoms with Gasteiger partial charge in [0.2, 0.25) is 10.0 Å². The lowest BCUT2D eigenvalue weighted by Crippen LogP contribution is -2.12. The predicted molar refractivity (Wildman–Crippen MR) is 57.6 cm³/mol. The van der Waals surface area contributed by atoms with Crippen molar-refractivity contribution >= 4 is 27.2 Å². The van der Waals surface area contributed by atoms with Crippen LogP contribution in [0.5, 0.6) is 0 Å². The minimum Gasteiger partial charge on any atom is -0.296 e. The Morgan fingerprint density at radius 3 is 2.53 bits per heavy atom. The topological polar surface area (TPSA) is 56.1 Å². The number of benzene rings is 1. The first-order valence-electron chi connectivity index (χ1n) is 4.30. The third-order valence-electron chi connectivity index (χ3n) is 2.15.